The number of amides is 1. The minimum absolute atomic E-state index is 0.112. The molecule has 2 aromatic carbocycles. The summed E-state index contributed by atoms with van der Waals surface area (Å²) in [5.41, 5.74) is 5.81. The average Bonchev–Trinajstić information content (AvgIpc) is 2.50. The number of aryl methyl sites for hydroxylation is 1. The molecule has 0 fully saturated rings. The molecular formula is C20H24N2O. The Morgan fingerprint density at radius 3 is 2.43 bits per heavy atom. The van der Waals surface area contributed by atoms with Crippen LogP contribution >= 0.6 is 0 Å². The zero-order chi connectivity index (χ0) is 16.6. The quantitative estimate of drug-likeness (QED) is 0.899. The lowest BCUT2D eigenvalue weighted by molar-refractivity contribution is -0.117. The van der Waals surface area contributed by atoms with Crippen molar-refractivity contribution in [3.8, 4) is 0 Å². The smallest absolute Gasteiger partial charge is 0.246 e. The van der Waals surface area contributed by atoms with E-state index < -0.39 is 0 Å². The van der Waals surface area contributed by atoms with E-state index in [1.165, 1.54) is 11.1 Å². The number of nitrogens with zero attached hydrogens (tertiary/aromatic N) is 1. The number of nitrogens with one attached hydrogen (secondary N) is 1. The average molecular weight is 308 g/mol. The first kappa shape index (κ1) is 15.6. The van der Waals surface area contributed by atoms with Crippen LogP contribution in [0, 0.1) is 6.92 Å². The third-order valence-electron chi connectivity index (χ3n) is 4.33. The molecule has 0 spiro atoms. The van der Waals surface area contributed by atoms with Crippen molar-refractivity contribution in [3.63, 3.8) is 0 Å². The first-order valence-electron chi connectivity index (χ1n) is 8.09. The molecular weight excluding hydrogens is 284 g/mol. The van der Waals surface area contributed by atoms with E-state index in [9.17, 15) is 4.79 Å². The van der Waals surface area contributed by atoms with E-state index in [1.54, 1.807) is 0 Å². The van der Waals surface area contributed by atoms with Gasteiger partial charge in [0, 0.05) is 0 Å². The highest BCUT2D eigenvalue weighted by molar-refractivity contribution is 6.02. The Morgan fingerprint density at radius 2 is 1.78 bits per heavy atom. The molecule has 120 valence electrons. The van der Waals surface area contributed by atoms with Gasteiger partial charge in [-0.25, -0.2) is 0 Å². The first-order valence-corrected chi connectivity index (χ1v) is 8.09. The van der Waals surface area contributed by atoms with Crippen LogP contribution in [-0.2, 0) is 16.8 Å². The van der Waals surface area contributed by atoms with E-state index in [0.717, 1.165) is 16.9 Å². The number of carbonyl (C=O) groups excluding carboxylic acids is 1. The predicted molar refractivity (Wildman–Crippen MR) is 96.0 cm³/mol. The topological polar surface area (TPSA) is 32.3 Å². The van der Waals surface area contributed by atoms with Gasteiger partial charge < -0.3 is 10.2 Å². The van der Waals surface area contributed by atoms with Crippen molar-refractivity contribution < 1.29 is 4.79 Å². The highest BCUT2D eigenvalue weighted by atomic mass is 16.2. The van der Waals surface area contributed by atoms with Gasteiger partial charge in [-0.1, -0.05) is 51.1 Å². The third kappa shape index (κ3) is 3.24. The van der Waals surface area contributed by atoms with Crippen molar-refractivity contribution in [3.05, 3.63) is 59.2 Å². The minimum Gasteiger partial charge on any atom is -0.374 e. The van der Waals surface area contributed by atoms with Gasteiger partial charge in [0.05, 0.1) is 24.5 Å². The second-order valence-corrected chi connectivity index (χ2v) is 7.30. The molecule has 0 saturated heterocycles. The minimum atomic E-state index is 0.112. The van der Waals surface area contributed by atoms with Gasteiger partial charge in [0.1, 0.15) is 0 Å². The van der Waals surface area contributed by atoms with Crippen LogP contribution in [0.3, 0.4) is 0 Å². The van der Waals surface area contributed by atoms with E-state index in [0.29, 0.717) is 13.1 Å². The van der Waals surface area contributed by atoms with Gasteiger partial charge in [0.15, 0.2) is 0 Å². The Labute approximate surface area is 138 Å². The van der Waals surface area contributed by atoms with E-state index in [4.69, 9.17) is 0 Å². The number of anilines is 2. The summed E-state index contributed by atoms with van der Waals surface area (Å²) < 4.78 is 0. The molecule has 0 atom stereocenters. The van der Waals surface area contributed by atoms with Crippen LogP contribution in [-0.4, -0.2) is 12.5 Å². The summed E-state index contributed by atoms with van der Waals surface area (Å²) in [7, 11) is 0. The summed E-state index contributed by atoms with van der Waals surface area (Å²) in [5.74, 6) is 0.112. The normalized spacial score (nSPS) is 14.4. The van der Waals surface area contributed by atoms with E-state index >= 15 is 0 Å². The fourth-order valence-electron chi connectivity index (χ4n) is 2.89. The lowest BCUT2D eigenvalue weighted by atomic mass is 9.87. The van der Waals surface area contributed by atoms with Crippen LogP contribution in [0.1, 0.15) is 37.5 Å². The van der Waals surface area contributed by atoms with Gasteiger partial charge in [-0.15, -0.1) is 0 Å². The molecule has 0 aliphatic carbocycles. The molecule has 0 bridgehead atoms. The van der Waals surface area contributed by atoms with Crippen LogP contribution in [0.5, 0.6) is 0 Å². The molecule has 3 heteroatoms. The van der Waals surface area contributed by atoms with Gasteiger partial charge in [0.2, 0.25) is 5.91 Å². The van der Waals surface area contributed by atoms with E-state index in [1.807, 2.05) is 11.0 Å². The number of rotatable bonds is 2. The number of carbonyl (C=O) groups is 1. The molecule has 0 saturated carbocycles. The Morgan fingerprint density at radius 1 is 1.09 bits per heavy atom. The molecule has 0 unspecified atom stereocenters. The van der Waals surface area contributed by atoms with Crippen molar-refractivity contribution in [2.45, 2.75) is 39.7 Å². The largest absolute Gasteiger partial charge is 0.374 e. The van der Waals surface area contributed by atoms with E-state index in [-0.39, 0.29) is 11.3 Å². The van der Waals surface area contributed by atoms with Crippen LogP contribution < -0.4 is 10.2 Å². The van der Waals surface area contributed by atoms with Crippen molar-refractivity contribution in [2.75, 3.05) is 16.8 Å². The second kappa shape index (κ2) is 5.73. The highest BCUT2D eigenvalue weighted by Crippen LogP contribution is 2.32. The monoisotopic (exact) mass is 308 g/mol. The maximum absolute atomic E-state index is 12.3. The molecule has 0 radical (unpaired) electrons. The van der Waals surface area contributed by atoms with Crippen LogP contribution in [0.4, 0.5) is 11.4 Å². The number of hydrogen-bond acceptors (Lipinski definition) is 2. The first-order chi connectivity index (χ1) is 10.8. The molecule has 1 N–H and O–H groups in total. The molecule has 1 amide bonds. The van der Waals surface area contributed by atoms with Crippen molar-refractivity contribution in [1.82, 2.24) is 0 Å². The van der Waals surface area contributed by atoms with Crippen molar-refractivity contribution >= 4 is 17.3 Å². The number of fused-ring (bicyclic) bond motifs is 1. The Hall–Kier alpha value is -2.29. The van der Waals surface area contributed by atoms with Crippen LogP contribution in [0.25, 0.3) is 0 Å². The van der Waals surface area contributed by atoms with Gasteiger partial charge in [-0.3, -0.25) is 4.79 Å². The Bertz CT molecular complexity index is 726. The lowest BCUT2D eigenvalue weighted by Crippen LogP contribution is -2.39. The Balaban J connectivity index is 1.87. The summed E-state index contributed by atoms with van der Waals surface area (Å²) in [6, 6.07) is 14.8. The van der Waals surface area contributed by atoms with Crippen molar-refractivity contribution in [2.24, 2.45) is 0 Å². The van der Waals surface area contributed by atoms with Gasteiger partial charge in [0.25, 0.3) is 0 Å². The predicted octanol–water partition coefficient (Wildman–Crippen LogP) is 4.25. The molecule has 23 heavy (non-hydrogen) atoms. The number of hydrogen-bond donors (Lipinski definition) is 1. The molecule has 1 heterocycles. The zero-order valence-electron chi connectivity index (χ0n) is 14.3. The maximum atomic E-state index is 12.3. The Kier molecular flexibility index (Phi) is 3.88. The number of benzene rings is 2. The second-order valence-electron chi connectivity index (χ2n) is 7.30. The van der Waals surface area contributed by atoms with Crippen LogP contribution in [0.15, 0.2) is 42.5 Å². The molecule has 2 aromatic rings. The summed E-state index contributed by atoms with van der Waals surface area (Å²) in [6.07, 6.45) is 0. The fourth-order valence-corrected chi connectivity index (χ4v) is 2.89. The third-order valence-corrected chi connectivity index (χ3v) is 4.33. The fraction of sp³-hybridized carbons (Fsp3) is 0.350. The summed E-state index contributed by atoms with van der Waals surface area (Å²) in [5, 5.41) is 3.21. The SMILES string of the molecule is Cc1ccc2c(c1)NCC(=O)N2Cc1ccc(C(C)(C)C)cc1. The molecule has 3 rings (SSSR count). The molecule has 1 aliphatic rings. The summed E-state index contributed by atoms with van der Waals surface area (Å²) in [6.45, 7) is 9.66. The highest BCUT2D eigenvalue weighted by Gasteiger charge is 2.24. The van der Waals surface area contributed by atoms with Gasteiger partial charge >= 0.3 is 0 Å². The zero-order valence-corrected chi connectivity index (χ0v) is 14.3. The van der Waals surface area contributed by atoms with Crippen molar-refractivity contribution in [1.29, 1.82) is 0 Å². The summed E-state index contributed by atoms with van der Waals surface area (Å²) in [4.78, 5) is 14.2. The maximum Gasteiger partial charge on any atom is 0.246 e. The summed E-state index contributed by atoms with van der Waals surface area (Å²) >= 11 is 0. The molecule has 1 aliphatic heterocycles. The van der Waals surface area contributed by atoms with Gasteiger partial charge in [-0.2, -0.15) is 0 Å². The van der Waals surface area contributed by atoms with Crippen LogP contribution in [0.2, 0.25) is 0 Å². The molecule has 3 nitrogen and oxygen atoms in total. The van der Waals surface area contributed by atoms with Gasteiger partial charge in [-0.05, 0) is 41.2 Å². The standard InChI is InChI=1S/C20H24N2O/c1-14-5-10-18-17(11-14)21-12-19(23)22(18)13-15-6-8-16(9-7-15)20(2,3)4/h5-11,21H,12-13H2,1-4H3. The molecule has 0 aromatic heterocycles. The van der Waals surface area contributed by atoms with E-state index in [2.05, 4.69) is 69.4 Å². The lowest BCUT2D eigenvalue weighted by Gasteiger charge is -2.30.